The van der Waals surface area contributed by atoms with Crippen LogP contribution in [0.1, 0.15) is 30.8 Å². The molecule has 1 saturated carbocycles. The van der Waals surface area contributed by atoms with E-state index in [9.17, 15) is 0 Å². The van der Waals surface area contributed by atoms with E-state index in [4.69, 9.17) is 4.74 Å². The summed E-state index contributed by atoms with van der Waals surface area (Å²) >= 11 is 0. The van der Waals surface area contributed by atoms with Crippen LogP contribution in [0.15, 0.2) is 0 Å². The predicted molar refractivity (Wildman–Crippen MR) is 61.2 cm³/mol. The number of ether oxygens (including phenoxy) is 1. The molecule has 0 bridgehead atoms. The van der Waals surface area contributed by atoms with Gasteiger partial charge in [0.05, 0.1) is 24.0 Å². The van der Waals surface area contributed by atoms with Crippen molar-refractivity contribution in [2.75, 3.05) is 20.8 Å². The Morgan fingerprint density at radius 3 is 2.88 bits per heavy atom. The lowest BCUT2D eigenvalue weighted by molar-refractivity contribution is 0.199. The lowest BCUT2D eigenvalue weighted by Gasteiger charge is -2.06. The fourth-order valence-electron chi connectivity index (χ4n) is 2.02. The van der Waals surface area contributed by atoms with E-state index in [-0.39, 0.29) is 0 Å². The van der Waals surface area contributed by atoms with E-state index in [1.807, 2.05) is 7.05 Å². The minimum absolute atomic E-state index is 0.560. The largest absolute Gasteiger partial charge is 0.384 e. The molecule has 1 aliphatic carbocycles. The van der Waals surface area contributed by atoms with Crippen molar-refractivity contribution in [3.05, 3.63) is 11.4 Å². The lowest BCUT2D eigenvalue weighted by atomic mass is 10.2. The second-order valence-corrected chi connectivity index (χ2v) is 4.48. The van der Waals surface area contributed by atoms with Crippen molar-refractivity contribution in [3.8, 4) is 0 Å². The molecule has 2 rings (SSSR count). The molecule has 2 atom stereocenters. The van der Waals surface area contributed by atoms with Crippen LogP contribution in [0.3, 0.4) is 0 Å². The van der Waals surface area contributed by atoms with Gasteiger partial charge in [0.15, 0.2) is 0 Å². The Balaban J connectivity index is 2.16. The Bertz CT molecular complexity index is 350. The number of rotatable bonds is 6. The third kappa shape index (κ3) is 2.25. The van der Waals surface area contributed by atoms with Crippen molar-refractivity contribution < 1.29 is 4.74 Å². The van der Waals surface area contributed by atoms with Crippen LogP contribution < -0.4 is 5.32 Å². The first kappa shape index (κ1) is 11.5. The fourth-order valence-corrected chi connectivity index (χ4v) is 2.02. The van der Waals surface area contributed by atoms with Crippen molar-refractivity contribution in [2.24, 2.45) is 5.92 Å². The molecule has 0 saturated heterocycles. The zero-order chi connectivity index (χ0) is 11.5. The number of hydrogen-bond donors (Lipinski definition) is 1. The van der Waals surface area contributed by atoms with Crippen LogP contribution in [-0.4, -0.2) is 35.8 Å². The molecule has 0 spiro atoms. The highest BCUT2D eigenvalue weighted by Gasteiger charge is 2.37. The van der Waals surface area contributed by atoms with E-state index in [0.29, 0.717) is 6.04 Å². The van der Waals surface area contributed by atoms with E-state index in [0.717, 1.165) is 31.2 Å². The van der Waals surface area contributed by atoms with Gasteiger partial charge in [-0.2, -0.15) is 0 Å². The molecule has 0 aromatic carbocycles. The van der Waals surface area contributed by atoms with E-state index >= 15 is 0 Å². The summed E-state index contributed by atoms with van der Waals surface area (Å²) < 4.78 is 7.23. The summed E-state index contributed by atoms with van der Waals surface area (Å²) in [5, 5.41) is 11.6. The maximum Gasteiger partial charge on any atom is 0.0997 e. The summed E-state index contributed by atoms with van der Waals surface area (Å²) in [6.45, 7) is 3.76. The Hall–Kier alpha value is -0.940. The molecular weight excluding hydrogens is 204 g/mol. The van der Waals surface area contributed by atoms with Crippen LogP contribution in [0.5, 0.6) is 0 Å². The van der Waals surface area contributed by atoms with Gasteiger partial charge in [-0.25, -0.2) is 4.68 Å². The van der Waals surface area contributed by atoms with Gasteiger partial charge in [-0.1, -0.05) is 12.1 Å². The Morgan fingerprint density at radius 2 is 2.31 bits per heavy atom. The molecular formula is C11H20N4O. The number of nitrogens with one attached hydrogen (secondary N) is 1. The van der Waals surface area contributed by atoms with Gasteiger partial charge in [-0.3, -0.25) is 0 Å². The van der Waals surface area contributed by atoms with E-state index in [1.54, 1.807) is 7.11 Å². The molecule has 1 heterocycles. The highest BCUT2D eigenvalue weighted by molar-refractivity contribution is 5.13. The second-order valence-electron chi connectivity index (χ2n) is 4.48. The summed E-state index contributed by atoms with van der Waals surface area (Å²) in [7, 11) is 3.66. The molecule has 5 heteroatoms. The van der Waals surface area contributed by atoms with Gasteiger partial charge in [0, 0.05) is 20.1 Å². The summed E-state index contributed by atoms with van der Waals surface area (Å²) in [6.07, 6.45) is 2.12. The summed E-state index contributed by atoms with van der Waals surface area (Å²) in [5.74, 6) is 0.741. The molecule has 0 aliphatic heterocycles. The van der Waals surface area contributed by atoms with Crippen LogP contribution in [0.2, 0.25) is 0 Å². The lowest BCUT2D eigenvalue weighted by Crippen LogP contribution is -2.12. The minimum atomic E-state index is 0.560. The van der Waals surface area contributed by atoms with Crippen LogP contribution in [0.4, 0.5) is 0 Å². The first-order valence-electron chi connectivity index (χ1n) is 5.84. The van der Waals surface area contributed by atoms with Gasteiger partial charge in [0.25, 0.3) is 0 Å². The van der Waals surface area contributed by atoms with Gasteiger partial charge in [0.1, 0.15) is 0 Å². The number of hydrogen-bond acceptors (Lipinski definition) is 4. The first-order chi connectivity index (χ1) is 7.77. The number of methoxy groups -OCH3 is 1. The molecule has 1 aromatic heterocycles. The maximum atomic E-state index is 5.14. The Morgan fingerprint density at radius 1 is 1.56 bits per heavy atom. The minimum Gasteiger partial charge on any atom is -0.384 e. The molecule has 0 radical (unpaired) electrons. The zero-order valence-corrected chi connectivity index (χ0v) is 10.2. The van der Waals surface area contributed by atoms with E-state index in [1.165, 1.54) is 12.1 Å². The second kappa shape index (κ2) is 4.93. The molecule has 2 unspecified atom stereocenters. The topological polar surface area (TPSA) is 52.0 Å². The molecule has 5 nitrogen and oxygen atoms in total. The van der Waals surface area contributed by atoms with Crippen molar-refractivity contribution >= 4 is 0 Å². The summed E-state index contributed by atoms with van der Waals surface area (Å²) in [4.78, 5) is 0. The predicted octanol–water partition coefficient (Wildman–Crippen LogP) is 0.767. The van der Waals surface area contributed by atoms with Crippen LogP contribution >= 0.6 is 0 Å². The molecule has 1 aliphatic rings. The van der Waals surface area contributed by atoms with Gasteiger partial charge in [-0.05, 0) is 19.4 Å². The van der Waals surface area contributed by atoms with Crippen molar-refractivity contribution in [1.82, 2.24) is 20.3 Å². The standard InChI is InChI=1S/C11H20N4O/c1-8-6-11(8)15-10(4-5-16-3)9(7-12-2)13-14-15/h8,11-12H,4-7H2,1-3H3. The SMILES string of the molecule is CNCc1nnn(C2CC2C)c1CCOC. The highest BCUT2D eigenvalue weighted by atomic mass is 16.5. The molecule has 1 N–H and O–H groups in total. The molecule has 1 aromatic rings. The molecule has 90 valence electrons. The Labute approximate surface area is 96.2 Å². The van der Waals surface area contributed by atoms with Gasteiger partial charge < -0.3 is 10.1 Å². The van der Waals surface area contributed by atoms with Crippen molar-refractivity contribution in [3.63, 3.8) is 0 Å². The quantitative estimate of drug-likeness (QED) is 0.775. The highest BCUT2D eigenvalue weighted by Crippen LogP contribution is 2.42. The van der Waals surface area contributed by atoms with Crippen molar-refractivity contribution in [1.29, 1.82) is 0 Å². The van der Waals surface area contributed by atoms with Crippen LogP contribution in [0.25, 0.3) is 0 Å². The maximum absolute atomic E-state index is 5.14. The number of aromatic nitrogens is 3. The Kier molecular flexibility index (Phi) is 3.56. The van der Waals surface area contributed by atoms with Gasteiger partial charge in [0.2, 0.25) is 0 Å². The van der Waals surface area contributed by atoms with Crippen LogP contribution in [-0.2, 0) is 17.7 Å². The third-order valence-corrected chi connectivity index (χ3v) is 3.14. The average molecular weight is 224 g/mol. The zero-order valence-electron chi connectivity index (χ0n) is 10.2. The third-order valence-electron chi connectivity index (χ3n) is 3.14. The fraction of sp³-hybridized carbons (Fsp3) is 0.818. The molecule has 0 amide bonds. The van der Waals surface area contributed by atoms with E-state index < -0.39 is 0 Å². The summed E-state index contributed by atoms with van der Waals surface area (Å²) in [5.41, 5.74) is 2.28. The molecule has 1 fully saturated rings. The van der Waals surface area contributed by atoms with Crippen molar-refractivity contribution in [2.45, 2.75) is 32.4 Å². The number of nitrogens with zero attached hydrogens (tertiary/aromatic N) is 3. The first-order valence-corrected chi connectivity index (χ1v) is 5.84. The normalized spacial score (nSPS) is 23.7. The average Bonchev–Trinajstić information content (AvgIpc) is 2.86. The van der Waals surface area contributed by atoms with Gasteiger partial charge in [-0.15, -0.1) is 5.10 Å². The van der Waals surface area contributed by atoms with E-state index in [2.05, 4.69) is 27.2 Å². The smallest absolute Gasteiger partial charge is 0.0997 e. The molecule has 16 heavy (non-hydrogen) atoms. The van der Waals surface area contributed by atoms with Gasteiger partial charge >= 0.3 is 0 Å². The monoisotopic (exact) mass is 224 g/mol. The van der Waals surface area contributed by atoms with Crippen LogP contribution in [0, 0.1) is 5.92 Å². The summed E-state index contributed by atoms with van der Waals surface area (Å²) in [6, 6.07) is 0.560.